The number of unbranched alkanes of at least 4 members (excludes halogenated alkanes) is 2. The number of aromatic amines is 1. The predicted octanol–water partition coefficient (Wildman–Crippen LogP) is 2.92. The molecule has 0 spiro atoms. The Labute approximate surface area is 178 Å². The van der Waals surface area contributed by atoms with Gasteiger partial charge in [0, 0.05) is 39.0 Å². The lowest BCUT2D eigenvalue weighted by Crippen LogP contribution is -2.32. The normalized spacial score (nSPS) is 11.5. The molecule has 8 heteroatoms. The second-order valence-corrected chi connectivity index (χ2v) is 8.30. The first-order chi connectivity index (χ1) is 14.3. The van der Waals surface area contributed by atoms with Gasteiger partial charge in [0.25, 0.3) is 5.56 Å². The fourth-order valence-corrected chi connectivity index (χ4v) is 3.68. The van der Waals surface area contributed by atoms with Crippen LogP contribution in [-0.4, -0.2) is 43.0 Å². The van der Waals surface area contributed by atoms with Gasteiger partial charge in [0.05, 0.1) is 0 Å². The standard InChI is InChI=1S/C22H37N5O3/c1-6-9-13-25(8-3)18(28)12-11-17-23-20-19(27(17)15-16(4)5)21(29)24-22(30)26(20)14-10-7-2/h16H,6-15H2,1-5H3,(H,24,29,30). The molecule has 168 valence electrons. The van der Waals surface area contributed by atoms with Crippen LogP contribution in [0.15, 0.2) is 9.59 Å². The second-order valence-electron chi connectivity index (χ2n) is 8.30. The summed E-state index contributed by atoms with van der Waals surface area (Å²) in [6, 6.07) is 0. The Morgan fingerprint density at radius 1 is 1.10 bits per heavy atom. The van der Waals surface area contributed by atoms with E-state index in [1.54, 1.807) is 4.57 Å². The van der Waals surface area contributed by atoms with Gasteiger partial charge in [-0.3, -0.25) is 19.1 Å². The average molecular weight is 420 g/mol. The maximum Gasteiger partial charge on any atom is 0.330 e. The van der Waals surface area contributed by atoms with Crippen LogP contribution in [0.25, 0.3) is 11.2 Å². The van der Waals surface area contributed by atoms with Gasteiger partial charge in [-0.1, -0.05) is 40.5 Å². The van der Waals surface area contributed by atoms with Crippen molar-refractivity contribution in [3.8, 4) is 0 Å². The van der Waals surface area contributed by atoms with Gasteiger partial charge in [0.2, 0.25) is 5.91 Å². The number of imidazole rings is 1. The Hall–Kier alpha value is -2.38. The average Bonchev–Trinajstić information content (AvgIpc) is 3.04. The van der Waals surface area contributed by atoms with Crippen molar-refractivity contribution in [3.63, 3.8) is 0 Å². The molecule has 1 amide bonds. The van der Waals surface area contributed by atoms with E-state index in [2.05, 4.69) is 32.7 Å². The van der Waals surface area contributed by atoms with Gasteiger partial charge in [-0.15, -0.1) is 0 Å². The van der Waals surface area contributed by atoms with Gasteiger partial charge < -0.3 is 9.47 Å². The van der Waals surface area contributed by atoms with Crippen LogP contribution in [-0.2, 0) is 24.3 Å². The third kappa shape index (κ3) is 5.61. The van der Waals surface area contributed by atoms with Crippen molar-refractivity contribution in [3.05, 3.63) is 26.7 Å². The molecule has 0 fully saturated rings. The van der Waals surface area contributed by atoms with E-state index < -0.39 is 11.2 Å². The molecule has 0 aliphatic heterocycles. The monoisotopic (exact) mass is 419 g/mol. The van der Waals surface area contributed by atoms with Crippen molar-refractivity contribution in [1.82, 2.24) is 24.0 Å². The number of carbonyl (C=O) groups is 1. The minimum absolute atomic E-state index is 0.103. The highest BCUT2D eigenvalue weighted by atomic mass is 16.2. The molecule has 0 aliphatic rings. The Kier molecular flexibility index (Phi) is 8.87. The van der Waals surface area contributed by atoms with Crippen molar-refractivity contribution < 1.29 is 4.79 Å². The zero-order chi connectivity index (χ0) is 22.3. The summed E-state index contributed by atoms with van der Waals surface area (Å²) in [5.41, 5.74) is 0.0277. The zero-order valence-corrected chi connectivity index (χ0v) is 19.2. The molecule has 0 unspecified atom stereocenters. The number of fused-ring (bicyclic) bond motifs is 1. The molecule has 30 heavy (non-hydrogen) atoms. The zero-order valence-electron chi connectivity index (χ0n) is 19.2. The lowest BCUT2D eigenvalue weighted by atomic mass is 10.2. The molecule has 2 aromatic heterocycles. The molecular formula is C22H37N5O3. The summed E-state index contributed by atoms with van der Waals surface area (Å²) >= 11 is 0. The molecule has 2 aromatic rings. The molecule has 0 bridgehead atoms. The Morgan fingerprint density at radius 3 is 2.40 bits per heavy atom. The third-order valence-corrected chi connectivity index (χ3v) is 5.33. The molecule has 0 saturated carbocycles. The Bertz CT molecular complexity index is 954. The number of hydrogen-bond acceptors (Lipinski definition) is 4. The predicted molar refractivity (Wildman–Crippen MR) is 120 cm³/mol. The lowest BCUT2D eigenvalue weighted by Gasteiger charge is -2.20. The largest absolute Gasteiger partial charge is 0.343 e. The minimum Gasteiger partial charge on any atom is -0.343 e. The molecule has 0 saturated heterocycles. The van der Waals surface area contributed by atoms with Gasteiger partial charge in [-0.2, -0.15) is 0 Å². The van der Waals surface area contributed by atoms with Crippen LogP contribution >= 0.6 is 0 Å². The Morgan fingerprint density at radius 2 is 1.80 bits per heavy atom. The van der Waals surface area contributed by atoms with Gasteiger partial charge in [0.1, 0.15) is 5.82 Å². The van der Waals surface area contributed by atoms with E-state index in [0.29, 0.717) is 55.4 Å². The quantitative estimate of drug-likeness (QED) is 0.572. The number of rotatable bonds is 12. The highest BCUT2D eigenvalue weighted by Crippen LogP contribution is 2.16. The fraction of sp³-hybridized carbons (Fsp3) is 0.727. The number of nitrogens with one attached hydrogen (secondary N) is 1. The van der Waals surface area contributed by atoms with Crippen LogP contribution in [0.2, 0.25) is 0 Å². The molecule has 0 radical (unpaired) electrons. The van der Waals surface area contributed by atoms with Crippen molar-refractivity contribution in [2.75, 3.05) is 13.1 Å². The topological polar surface area (TPSA) is 93.0 Å². The number of amides is 1. The van der Waals surface area contributed by atoms with Crippen LogP contribution in [0.5, 0.6) is 0 Å². The van der Waals surface area contributed by atoms with Crippen LogP contribution in [0.4, 0.5) is 0 Å². The summed E-state index contributed by atoms with van der Waals surface area (Å²) in [6.07, 6.45) is 4.59. The van der Waals surface area contributed by atoms with Gasteiger partial charge in [-0.05, 0) is 25.7 Å². The van der Waals surface area contributed by atoms with Crippen molar-refractivity contribution in [2.45, 2.75) is 86.2 Å². The van der Waals surface area contributed by atoms with Crippen molar-refractivity contribution in [1.29, 1.82) is 0 Å². The van der Waals surface area contributed by atoms with E-state index in [-0.39, 0.29) is 5.91 Å². The van der Waals surface area contributed by atoms with E-state index in [4.69, 9.17) is 4.98 Å². The maximum absolute atomic E-state index is 12.7. The van der Waals surface area contributed by atoms with E-state index in [0.717, 1.165) is 32.2 Å². The summed E-state index contributed by atoms with van der Waals surface area (Å²) in [6.45, 7) is 12.9. The minimum atomic E-state index is -0.422. The third-order valence-electron chi connectivity index (χ3n) is 5.33. The van der Waals surface area contributed by atoms with Crippen LogP contribution in [0, 0.1) is 5.92 Å². The van der Waals surface area contributed by atoms with Gasteiger partial charge in [0.15, 0.2) is 11.2 Å². The molecule has 2 heterocycles. The SMILES string of the molecule is CCCCN(CC)C(=O)CCc1nc2c(c(=O)[nH]c(=O)n2CCCC)n1CC(C)C. The van der Waals surface area contributed by atoms with Gasteiger partial charge in [-0.25, -0.2) is 9.78 Å². The van der Waals surface area contributed by atoms with E-state index in [1.165, 1.54) is 0 Å². The molecule has 0 atom stereocenters. The second kappa shape index (κ2) is 11.1. The highest BCUT2D eigenvalue weighted by molar-refractivity contribution is 5.76. The molecule has 1 N–H and O–H groups in total. The first kappa shape index (κ1) is 23.9. The van der Waals surface area contributed by atoms with Crippen LogP contribution in [0.1, 0.15) is 72.5 Å². The number of hydrogen-bond donors (Lipinski definition) is 1. The number of nitrogens with zero attached hydrogens (tertiary/aromatic N) is 4. The smallest absolute Gasteiger partial charge is 0.330 e. The summed E-state index contributed by atoms with van der Waals surface area (Å²) < 4.78 is 3.46. The molecular weight excluding hydrogens is 382 g/mol. The van der Waals surface area contributed by atoms with Crippen molar-refractivity contribution in [2.24, 2.45) is 5.92 Å². The summed E-state index contributed by atoms with van der Waals surface area (Å²) in [5.74, 6) is 1.09. The van der Waals surface area contributed by atoms with E-state index >= 15 is 0 Å². The van der Waals surface area contributed by atoms with Gasteiger partial charge >= 0.3 is 5.69 Å². The molecule has 2 rings (SSSR count). The Balaban J connectivity index is 2.43. The number of H-pyrrole nitrogens is 1. The van der Waals surface area contributed by atoms with Crippen molar-refractivity contribution >= 4 is 17.1 Å². The lowest BCUT2D eigenvalue weighted by molar-refractivity contribution is -0.131. The first-order valence-corrected chi connectivity index (χ1v) is 11.3. The molecule has 8 nitrogen and oxygen atoms in total. The fourth-order valence-electron chi connectivity index (χ4n) is 3.68. The number of carbonyl (C=O) groups excluding carboxylic acids is 1. The number of aromatic nitrogens is 4. The van der Waals surface area contributed by atoms with E-state index in [9.17, 15) is 14.4 Å². The summed E-state index contributed by atoms with van der Waals surface area (Å²) in [5, 5.41) is 0. The molecule has 0 aromatic carbocycles. The first-order valence-electron chi connectivity index (χ1n) is 11.3. The van der Waals surface area contributed by atoms with Crippen LogP contribution in [0.3, 0.4) is 0 Å². The number of aryl methyl sites for hydroxylation is 2. The highest BCUT2D eigenvalue weighted by Gasteiger charge is 2.20. The summed E-state index contributed by atoms with van der Waals surface area (Å²) in [7, 11) is 0. The molecule has 0 aliphatic carbocycles. The van der Waals surface area contributed by atoms with Crippen LogP contribution < -0.4 is 11.2 Å². The maximum atomic E-state index is 12.7. The van der Waals surface area contributed by atoms with E-state index in [1.807, 2.05) is 16.4 Å². The summed E-state index contributed by atoms with van der Waals surface area (Å²) in [4.78, 5) is 46.8.